The van der Waals surface area contributed by atoms with E-state index in [1.165, 1.54) is 0 Å². The lowest BCUT2D eigenvalue weighted by Gasteiger charge is -2.08. The molecule has 0 fully saturated rings. The Morgan fingerprint density at radius 1 is 1.20 bits per heavy atom. The number of para-hydroxylation sites is 1. The molecule has 0 unspecified atom stereocenters. The van der Waals surface area contributed by atoms with E-state index in [9.17, 15) is 5.11 Å². The minimum Gasteiger partial charge on any atom is -0.424 e. The van der Waals surface area contributed by atoms with Gasteiger partial charge in [0, 0.05) is 30.1 Å². The average Bonchev–Trinajstić information content (AvgIpc) is 2.50. The van der Waals surface area contributed by atoms with Crippen LogP contribution in [-0.4, -0.2) is 21.6 Å². The predicted octanol–water partition coefficient (Wildman–Crippen LogP) is 2.26. The lowest BCUT2D eigenvalue weighted by molar-refractivity contribution is 0.275. The summed E-state index contributed by atoms with van der Waals surface area (Å²) in [4.78, 5) is 8.35. The SMILES string of the molecule is CCCNCc1cnc(Oc2ccccc2CO)nc1. The molecule has 106 valence electrons. The van der Waals surface area contributed by atoms with Gasteiger partial charge in [0.25, 0.3) is 0 Å². The number of aliphatic hydroxyl groups excluding tert-OH is 1. The number of benzene rings is 1. The molecular formula is C15H19N3O2. The fourth-order valence-electron chi connectivity index (χ4n) is 1.73. The first kappa shape index (κ1) is 14.4. The zero-order valence-electron chi connectivity index (χ0n) is 11.5. The van der Waals surface area contributed by atoms with Crippen molar-refractivity contribution in [3.05, 3.63) is 47.8 Å². The summed E-state index contributed by atoms with van der Waals surface area (Å²) in [6.07, 6.45) is 4.58. The predicted molar refractivity (Wildman–Crippen MR) is 76.5 cm³/mol. The summed E-state index contributed by atoms with van der Waals surface area (Å²) in [5, 5.41) is 12.5. The molecule has 2 rings (SSSR count). The summed E-state index contributed by atoms with van der Waals surface area (Å²) in [6.45, 7) is 3.78. The molecule has 0 bridgehead atoms. The van der Waals surface area contributed by atoms with Gasteiger partial charge in [0.05, 0.1) is 6.61 Å². The van der Waals surface area contributed by atoms with Gasteiger partial charge in [-0.05, 0) is 19.0 Å². The van der Waals surface area contributed by atoms with Crippen LogP contribution in [0.2, 0.25) is 0 Å². The van der Waals surface area contributed by atoms with Crippen LogP contribution in [0.4, 0.5) is 0 Å². The first-order valence-electron chi connectivity index (χ1n) is 6.71. The van der Waals surface area contributed by atoms with Gasteiger partial charge < -0.3 is 15.2 Å². The number of ether oxygens (including phenoxy) is 1. The molecule has 0 atom stereocenters. The van der Waals surface area contributed by atoms with E-state index in [-0.39, 0.29) is 12.6 Å². The largest absolute Gasteiger partial charge is 0.424 e. The number of aromatic nitrogens is 2. The van der Waals surface area contributed by atoms with Crippen molar-refractivity contribution in [2.24, 2.45) is 0 Å². The Morgan fingerprint density at radius 3 is 2.65 bits per heavy atom. The van der Waals surface area contributed by atoms with Crippen LogP contribution in [-0.2, 0) is 13.2 Å². The van der Waals surface area contributed by atoms with Crippen LogP contribution < -0.4 is 10.1 Å². The average molecular weight is 273 g/mol. The molecule has 0 saturated heterocycles. The molecule has 0 aliphatic carbocycles. The minimum atomic E-state index is -0.0742. The Labute approximate surface area is 118 Å². The number of nitrogens with one attached hydrogen (secondary N) is 1. The number of hydrogen-bond donors (Lipinski definition) is 2. The van der Waals surface area contributed by atoms with E-state index in [1.54, 1.807) is 24.5 Å². The quantitative estimate of drug-likeness (QED) is 0.757. The van der Waals surface area contributed by atoms with Gasteiger partial charge in [-0.3, -0.25) is 0 Å². The van der Waals surface area contributed by atoms with Crippen molar-refractivity contribution >= 4 is 0 Å². The molecule has 5 heteroatoms. The highest BCUT2D eigenvalue weighted by Gasteiger charge is 2.05. The number of nitrogens with zero attached hydrogens (tertiary/aromatic N) is 2. The standard InChI is InChI=1S/C15H19N3O2/c1-2-7-16-8-12-9-17-15(18-10-12)20-14-6-4-3-5-13(14)11-19/h3-6,9-10,16,19H,2,7-8,11H2,1H3. The van der Waals surface area contributed by atoms with Crippen molar-refractivity contribution in [2.75, 3.05) is 6.54 Å². The molecule has 5 nitrogen and oxygen atoms in total. The van der Waals surface area contributed by atoms with Gasteiger partial charge in [0.2, 0.25) is 0 Å². The summed E-state index contributed by atoms with van der Waals surface area (Å²) >= 11 is 0. The maximum absolute atomic E-state index is 9.23. The van der Waals surface area contributed by atoms with E-state index < -0.39 is 0 Å². The Hall–Kier alpha value is -1.98. The molecule has 0 aliphatic heterocycles. The first-order chi connectivity index (χ1) is 9.83. The summed E-state index contributed by atoms with van der Waals surface area (Å²) in [5.74, 6) is 0.576. The van der Waals surface area contributed by atoms with Gasteiger partial charge in [0.1, 0.15) is 5.75 Å². The zero-order valence-corrected chi connectivity index (χ0v) is 11.5. The summed E-state index contributed by atoms with van der Waals surface area (Å²) < 4.78 is 5.58. The third-order valence-electron chi connectivity index (χ3n) is 2.78. The third kappa shape index (κ3) is 4.01. The highest BCUT2D eigenvalue weighted by Crippen LogP contribution is 2.22. The maximum Gasteiger partial charge on any atom is 0.321 e. The molecule has 0 radical (unpaired) electrons. The molecule has 0 saturated carbocycles. The fourth-order valence-corrected chi connectivity index (χ4v) is 1.73. The normalized spacial score (nSPS) is 10.5. The summed E-state index contributed by atoms with van der Waals surface area (Å²) in [7, 11) is 0. The van der Waals surface area contributed by atoms with Crippen molar-refractivity contribution in [1.82, 2.24) is 15.3 Å². The van der Waals surface area contributed by atoms with Crippen LogP contribution in [0.15, 0.2) is 36.7 Å². The van der Waals surface area contributed by atoms with Crippen LogP contribution in [0, 0.1) is 0 Å². The second-order valence-electron chi connectivity index (χ2n) is 4.42. The lowest BCUT2D eigenvalue weighted by Crippen LogP contribution is -2.14. The highest BCUT2D eigenvalue weighted by molar-refractivity contribution is 5.34. The van der Waals surface area contributed by atoms with Crippen molar-refractivity contribution in [3.8, 4) is 11.8 Å². The zero-order chi connectivity index (χ0) is 14.2. The van der Waals surface area contributed by atoms with Gasteiger partial charge in [0.15, 0.2) is 0 Å². The van der Waals surface area contributed by atoms with Gasteiger partial charge in [-0.25, -0.2) is 9.97 Å². The highest BCUT2D eigenvalue weighted by atomic mass is 16.5. The molecule has 0 aliphatic rings. The first-order valence-corrected chi connectivity index (χ1v) is 6.71. The monoisotopic (exact) mass is 273 g/mol. The molecule has 1 aromatic heterocycles. The van der Waals surface area contributed by atoms with Crippen molar-refractivity contribution in [2.45, 2.75) is 26.5 Å². The summed E-state index contributed by atoms with van der Waals surface area (Å²) in [5.41, 5.74) is 1.73. The van der Waals surface area contributed by atoms with E-state index in [0.717, 1.165) is 25.1 Å². The van der Waals surface area contributed by atoms with Crippen LogP contribution in [0.25, 0.3) is 0 Å². The Kier molecular flexibility index (Phi) is 5.46. The second kappa shape index (κ2) is 7.57. The van der Waals surface area contributed by atoms with Gasteiger partial charge in [-0.15, -0.1) is 0 Å². The molecule has 20 heavy (non-hydrogen) atoms. The molecule has 1 heterocycles. The number of rotatable bonds is 7. The lowest BCUT2D eigenvalue weighted by atomic mass is 10.2. The smallest absolute Gasteiger partial charge is 0.321 e. The van der Waals surface area contributed by atoms with Gasteiger partial charge >= 0.3 is 6.01 Å². The van der Waals surface area contributed by atoms with Crippen LogP contribution in [0.1, 0.15) is 24.5 Å². The van der Waals surface area contributed by atoms with Crippen LogP contribution in [0.5, 0.6) is 11.8 Å². The van der Waals surface area contributed by atoms with Gasteiger partial charge in [-0.2, -0.15) is 0 Å². The van der Waals surface area contributed by atoms with Crippen LogP contribution in [0.3, 0.4) is 0 Å². The number of hydrogen-bond acceptors (Lipinski definition) is 5. The Morgan fingerprint density at radius 2 is 1.95 bits per heavy atom. The van der Waals surface area contributed by atoms with E-state index >= 15 is 0 Å². The van der Waals surface area contributed by atoms with Crippen molar-refractivity contribution in [1.29, 1.82) is 0 Å². The van der Waals surface area contributed by atoms with E-state index in [2.05, 4.69) is 22.2 Å². The molecule has 2 N–H and O–H groups in total. The Balaban J connectivity index is 1.99. The molecule has 0 amide bonds. The molecule has 2 aromatic rings. The molecule has 1 aromatic carbocycles. The summed E-state index contributed by atoms with van der Waals surface area (Å²) in [6, 6.07) is 7.56. The van der Waals surface area contributed by atoms with Crippen LogP contribution >= 0.6 is 0 Å². The molecular weight excluding hydrogens is 254 g/mol. The van der Waals surface area contributed by atoms with E-state index in [1.807, 2.05) is 12.1 Å². The molecule has 0 spiro atoms. The van der Waals surface area contributed by atoms with E-state index in [4.69, 9.17) is 4.74 Å². The van der Waals surface area contributed by atoms with E-state index in [0.29, 0.717) is 11.3 Å². The Bertz CT molecular complexity index is 529. The number of aliphatic hydroxyl groups is 1. The minimum absolute atomic E-state index is 0.0742. The maximum atomic E-state index is 9.23. The van der Waals surface area contributed by atoms with Crippen molar-refractivity contribution in [3.63, 3.8) is 0 Å². The van der Waals surface area contributed by atoms with Crippen molar-refractivity contribution < 1.29 is 9.84 Å². The van der Waals surface area contributed by atoms with Gasteiger partial charge in [-0.1, -0.05) is 25.1 Å². The topological polar surface area (TPSA) is 67.3 Å². The second-order valence-corrected chi connectivity index (χ2v) is 4.42. The fraction of sp³-hybridized carbons (Fsp3) is 0.333. The third-order valence-corrected chi connectivity index (χ3v) is 2.78.